The van der Waals surface area contributed by atoms with Crippen LogP contribution in [0.3, 0.4) is 0 Å². The largest absolute Gasteiger partial charge is 0.390 e. The van der Waals surface area contributed by atoms with Crippen molar-refractivity contribution in [1.29, 1.82) is 5.26 Å². The Morgan fingerprint density at radius 1 is 1.28 bits per heavy atom. The van der Waals surface area contributed by atoms with Crippen molar-refractivity contribution in [2.24, 2.45) is 0 Å². The average molecular weight is 253 g/mol. The summed E-state index contributed by atoms with van der Waals surface area (Å²) in [7, 11) is 0. The van der Waals surface area contributed by atoms with Gasteiger partial charge in [-0.1, -0.05) is 0 Å². The lowest BCUT2D eigenvalue weighted by Crippen LogP contribution is -2.54. The number of nitrogens with zero attached hydrogens (tertiary/aromatic N) is 1. The summed E-state index contributed by atoms with van der Waals surface area (Å²) in [6, 6.07) is 2.14. The quantitative estimate of drug-likeness (QED) is 0.748. The van der Waals surface area contributed by atoms with Gasteiger partial charge in [0.15, 0.2) is 0 Å². The van der Waals surface area contributed by atoms with Crippen LogP contribution < -0.4 is 0 Å². The minimum Gasteiger partial charge on any atom is -0.390 e. The molecule has 0 aromatic rings. The Bertz CT molecular complexity index is 368. The fourth-order valence-electron chi connectivity index (χ4n) is 3.65. The molecule has 2 saturated heterocycles. The van der Waals surface area contributed by atoms with Gasteiger partial charge in [0.1, 0.15) is 6.10 Å². The fraction of sp³-hybridized carbons (Fsp3) is 0.923. The van der Waals surface area contributed by atoms with Crippen molar-refractivity contribution in [2.75, 3.05) is 0 Å². The molecule has 6 atom stereocenters. The van der Waals surface area contributed by atoms with E-state index in [0.717, 1.165) is 19.3 Å². The van der Waals surface area contributed by atoms with Crippen molar-refractivity contribution < 1.29 is 19.7 Å². The molecule has 0 aromatic heterocycles. The van der Waals surface area contributed by atoms with Gasteiger partial charge >= 0.3 is 0 Å². The van der Waals surface area contributed by atoms with Crippen LogP contribution in [0.25, 0.3) is 0 Å². The van der Waals surface area contributed by atoms with Crippen LogP contribution >= 0.6 is 0 Å². The molecule has 18 heavy (non-hydrogen) atoms. The number of aliphatic hydroxyl groups is 2. The lowest BCUT2D eigenvalue weighted by atomic mass is 9.76. The SMILES string of the molecule is N#CCC[C@H]1CC[C@@H]2OC3C[C@]2(C[C@@H](O)[C@H]3O)O1. The van der Waals surface area contributed by atoms with Gasteiger partial charge in [0, 0.05) is 19.3 Å². The lowest BCUT2D eigenvalue weighted by molar-refractivity contribution is -0.178. The van der Waals surface area contributed by atoms with Gasteiger partial charge in [-0.3, -0.25) is 0 Å². The van der Waals surface area contributed by atoms with Crippen LogP contribution in [-0.4, -0.2) is 46.3 Å². The van der Waals surface area contributed by atoms with Crippen LogP contribution in [0.4, 0.5) is 0 Å². The standard InChI is InChI=1S/C13H19NO4/c14-5-1-2-8-3-4-11-13(18-8)6-9(15)12(16)10(7-13)17-11/h8-12,15-16H,1-4,6-7H2/t8-,9+,10?,11-,12+,13-/m0/s1. The zero-order valence-corrected chi connectivity index (χ0v) is 10.3. The molecule has 3 aliphatic rings. The Labute approximate surface area is 106 Å². The number of fused-ring (bicyclic) bond motifs is 1. The van der Waals surface area contributed by atoms with Crippen LogP contribution in [0, 0.1) is 11.3 Å². The first kappa shape index (κ1) is 12.4. The van der Waals surface area contributed by atoms with E-state index < -0.39 is 17.8 Å². The first-order chi connectivity index (χ1) is 8.64. The third kappa shape index (κ3) is 1.84. The first-order valence-electron chi connectivity index (χ1n) is 6.71. The molecule has 2 bridgehead atoms. The first-order valence-corrected chi connectivity index (χ1v) is 6.71. The summed E-state index contributed by atoms with van der Waals surface area (Å²) >= 11 is 0. The van der Waals surface area contributed by atoms with Crippen molar-refractivity contribution in [1.82, 2.24) is 0 Å². The third-order valence-corrected chi connectivity index (χ3v) is 4.53. The zero-order valence-electron chi connectivity index (χ0n) is 10.3. The molecule has 1 saturated carbocycles. The van der Waals surface area contributed by atoms with E-state index in [0.29, 0.717) is 19.3 Å². The maximum absolute atomic E-state index is 9.89. The van der Waals surface area contributed by atoms with Crippen LogP contribution in [-0.2, 0) is 9.47 Å². The fourth-order valence-corrected chi connectivity index (χ4v) is 3.65. The highest BCUT2D eigenvalue weighted by Gasteiger charge is 2.59. The van der Waals surface area contributed by atoms with E-state index >= 15 is 0 Å². The summed E-state index contributed by atoms with van der Waals surface area (Å²) in [4.78, 5) is 0. The topological polar surface area (TPSA) is 82.7 Å². The van der Waals surface area contributed by atoms with E-state index in [9.17, 15) is 10.2 Å². The van der Waals surface area contributed by atoms with Gasteiger partial charge < -0.3 is 19.7 Å². The summed E-state index contributed by atoms with van der Waals surface area (Å²) < 4.78 is 12.0. The highest BCUT2D eigenvalue weighted by atomic mass is 16.6. The molecule has 1 spiro atoms. The summed E-state index contributed by atoms with van der Waals surface area (Å²) in [6.45, 7) is 0. The van der Waals surface area contributed by atoms with E-state index in [1.807, 2.05) is 0 Å². The summed E-state index contributed by atoms with van der Waals surface area (Å²) in [5.41, 5.74) is -0.429. The second kappa shape index (κ2) is 4.46. The summed E-state index contributed by atoms with van der Waals surface area (Å²) in [6.07, 6.45) is 2.38. The van der Waals surface area contributed by atoms with Crippen molar-refractivity contribution in [3.05, 3.63) is 0 Å². The number of ether oxygens (including phenoxy) is 2. The van der Waals surface area contributed by atoms with Gasteiger partial charge in [-0.15, -0.1) is 0 Å². The van der Waals surface area contributed by atoms with Gasteiger partial charge in [-0.25, -0.2) is 0 Å². The Morgan fingerprint density at radius 3 is 2.89 bits per heavy atom. The minimum absolute atomic E-state index is 0.00682. The minimum atomic E-state index is -0.789. The van der Waals surface area contributed by atoms with Gasteiger partial charge in [0.25, 0.3) is 0 Å². The third-order valence-electron chi connectivity index (χ3n) is 4.53. The molecule has 3 fully saturated rings. The van der Waals surface area contributed by atoms with E-state index in [1.165, 1.54) is 0 Å². The molecule has 100 valence electrons. The van der Waals surface area contributed by atoms with E-state index in [4.69, 9.17) is 14.7 Å². The molecule has 2 aliphatic heterocycles. The maximum Gasteiger partial charge on any atom is 0.106 e. The molecule has 3 rings (SSSR count). The molecular formula is C13H19NO4. The lowest BCUT2D eigenvalue weighted by Gasteiger charge is -2.44. The second-order valence-corrected chi connectivity index (χ2v) is 5.71. The molecule has 1 unspecified atom stereocenters. The molecule has 0 aromatic carbocycles. The molecule has 2 N–H and O–H groups in total. The Balaban J connectivity index is 1.74. The molecule has 2 heterocycles. The number of hydrogen-bond donors (Lipinski definition) is 2. The summed E-state index contributed by atoms with van der Waals surface area (Å²) in [5.74, 6) is 0. The van der Waals surface area contributed by atoms with Crippen LogP contribution in [0.5, 0.6) is 0 Å². The van der Waals surface area contributed by atoms with Gasteiger partial charge in [0.2, 0.25) is 0 Å². The molecular weight excluding hydrogens is 234 g/mol. The smallest absolute Gasteiger partial charge is 0.106 e. The van der Waals surface area contributed by atoms with Crippen molar-refractivity contribution in [3.63, 3.8) is 0 Å². The molecule has 0 amide bonds. The van der Waals surface area contributed by atoms with E-state index in [-0.39, 0.29) is 18.3 Å². The predicted octanol–water partition coefficient (Wildman–Crippen LogP) is 0.491. The number of hydrogen-bond acceptors (Lipinski definition) is 5. The van der Waals surface area contributed by atoms with E-state index in [2.05, 4.69) is 6.07 Å². The average Bonchev–Trinajstić information content (AvgIpc) is 2.68. The Morgan fingerprint density at radius 2 is 2.11 bits per heavy atom. The number of rotatable bonds is 2. The Hall–Kier alpha value is -0.670. The van der Waals surface area contributed by atoms with Gasteiger partial charge in [-0.2, -0.15) is 5.26 Å². The number of aliphatic hydroxyl groups excluding tert-OH is 2. The van der Waals surface area contributed by atoms with Crippen LogP contribution in [0.1, 0.15) is 38.5 Å². The van der Waals surface area contributed by atoms with Crippen LogP contribution in [0.2, 0.25) is 0 Å². The normalized spacial score (nSPS) is 50.6. The van der Waals surface area contributed by atoms with Crippen LogP contribution in [0.15, 0.2) is 0 Å². The van der Waals surface area contributed by atoms with Crippen molar-refractivity contribution in [2.45, 2.75) is 74.6 Å². The number of nitriles is 1. The molecule has 0 radical (unpaired) electrons. The Kier molecular flexibility index (Phi) is 3.07. The second-order valence-electron chi connectivity index (χ2n) is 5.71. The monoisotopic (exact) mass is 253 g/mol. The van der Waals surface area contributed by atoms with Crippen molar-refractivity contribution in [3.8, 4) is 6.07 Å². The van der Waals surface area contributed by atoms with Crippen molar-refractivity contribution >= 4 is 0 Å². The molecule has 5 nitrogen and oxygen atoms in total. The van der Waals surface area contributed by atoms with Gasteiger partial charge in [0.05, 0.1) is 36.1 Å². The van der Waals surface area contributed by atoms with E-state index in [1.54, 1.807) is 0 Å². The summed E-state index contributed by atoms with van der Waals surface area (Å²) in [5, 5.41) is 28.4. The molecule has 5 heteroatoms. The highest BCUT2D eigenvalue weighted by molar-refractivity contribution is 5.09. The molecule has 1 aliphatic carbocycles. The zero-order chi connectivity index (χ0) is 12.8. The maximum atomic E-state index is 9.89. The van der Waals surface area contributed by atoms with Gasteiger partial charge in [-0.05, 0) is 19.3 Å². The highest BCUT2D eigenvalue weighted by Crippen LogP contribution is 2.49. The predicted molar refractivity (Wildman–Crippen MR) is 61.6 cm³/mol.